The minimum Gasteiger partial charge on any atom is -0.493 e. The maximum atomic E-state index is 6.00. The van der Waals surface area contributed by atoms with Crippen molar-refractivity contribution in [3.63, 3.8) is 0 Å². The van der Waals surface area contributed by atoms with Crippen LogP contribution in [0.1, 0.15) is 36.8 Å². The largest absolute Gasteiger partial charge is 0.493 e. The molecule has 2 N–H and O–H groups in total. The highest BCUT2D eigenvalue weighted by Crippen LogP contribution is 2.29. The SMILES string of the molecule is COc1cc(CCN[C@H]2CC[C@@H](Nc3nc(N(C)C)c4ccccc4n3)CC2)ccc1OCc1ccccc1. The van der Waals surface area contributed by atoms with Gasteiger partial charge < -0.3 is 25.0 Å². The molecule has 5 rings (SSSR count). The molecule has 7 heteroatoms. The molecule has 1 saturated carbocycles. The monoisotopic (exact) mass is 525 g/mol. The van der Waals surface area contributed by atoms with E-state index in [2.05, 4.69) is 51.9 Å². The fourth-order valence-corrected chi connectivity index (χ4v) is 5.23. The van der Waals surface area contributed by atoms with Crippen molar-refractivity contribution in [2.75, 3.05) is 38.0 Å². The molecule has 0 radical (unpaired) electrons. The molecular formula is C32H39N5O2. The Morgan fingerprint density at radius 3 is 2.33 bits per heavy atom. The first-order valence-electron chi connectivity index (χ1n) is 13.9. The molecule has 7 nitrogen and oxygen atoms in total. The Balaban J connectivity index is 1.08. The van der Waals surface area contributed by atoms with E-state index < -0.39 is 0 Å². The summed E-state index contributed by atoms with van der Waals surface area (Å²) < 4.78 is 11.6. The minimum absolute atomic E-state index is 0.395. The lowest BCUT2D eigenvalue weighted by Gasteiger charge is -2.30. The second kappa shape index (κ2) is 12.8. The highest BCUT2D eigenvalue weighted by atomic mass is 16.5. The van der Waals surface area contributed by atoms with Gasteiger partial charge in [-0.15, -0.1) is 0 Å². The van der Waals surface area contributed by atoms with Gasteiger partial charge in [-0.25, -0.2) is 4.98 Å². The van der Waals surface area contributed by atoms with E-state index in [1.54, 1.807) is 7.11 Å². The van der Waals surface area contributed by atoms with Gasteiger partial charge in [0.05, 0.1) is 12.6 Å². The van der Waals surface area contributed by atoms with E-state index in [0.717, 1.165) is 78.4 Å². The molecule has 1 aromatic heterocycles. The van der Waals surface area contributed by atoms with Gasteiger partial charge in [0, 0.05) is 31.6 Å². The Labute approximate surface area is 231 Å². The standard InChI is InChI=1S/C32H39N5O2/c1-37(2)31-27-11-7-8-12-28(27)35-32(36-31)34-26-16-14-25(15-17-26)33-20-19-23-13-18-29(30(21-23)38-3)39-22-24-9-5-4-6-10-24/h4-13,18,21,25-26,33H,14-17,19-20,22H2,1-3H3,(H,34,35,36)/t25-,26+. The van der Waals surface area contributed by atoms with Gasteiger partial charge in [0.2, 0.25) is 5.95 Å². The van der Waals surface area contributed by atoms with Gasteiger partial charge in [-0.05, 0) is 74.0 Å². The van der Waals surface area contributed by atoms with E-state index >= 15 is 0 Å². The Hall–Kier alpha value is -3.84. The van der Waals surface area contributed by atoms with Gasteiger partial charge in [-0.1, -0.05) is 48.5 Å². The molecular weight excluding hydrogens is 486 g/mol. The van der Waals surface area contributed by atoms with Crippen LogP contribution in [0.25, 0.3) is 10.9 Å². The van der Waals surface area contributed by atoms with Crippen LogP contribution >= 0.6 is 0 Å². The lowest BCUT2D eigenvalue weighted by Crippen LogP contribution is -2.38. The van der Waals surface area contributed by atoms with Crippen molar-refractivity contribution >= 4 is 22.7 Å². The number of aromatic nitrogens is 2. The van der Waals surface area contributed by atoms with Gasteiger partial charge >= 0.3 is 0 Å². The molecule has 0 amide bonds. The number of nitrogens with one attached hydrogen (secondary N) is 2. The lowest BCUT2D eigenvalue weighted by atomic mass is 9.91. The van der Waals surface area contributed by atoms with E-state index in [1.165, 1.54) is 5.56 Å². The molecule has 1 fully saturated rings. The van der Waals surface area contributed by atoms with E-state index in [1.807, 2.05) is 50.5 Å². The van der Waals surface area contributed by atoms with Crippen LogP contribution in [0.4, 0.5) is 11.8 Å². The third-order valence-corrected chi connectivity index (χ3v) is 7.38. The van der Waals surface area contributed by atoms with Crippen LogP contribution in [0.3, 0.4) is 0 Å². The average Bonchev–Trinajstić information content (AvgIpc) is 2.97. The summed E-state index contributed by atoms with van der Waals surface area (Å²) in [7, 11) is 5.75. The number of nitrogens with zero attached hydrogens (tertiary/aromatic N) is 3. The summed E-state index contributed by atoms with van der Waals surface area (Å²) in [5.74, 6) is 3.23. The van der Waals surface area contributed by atoms with Crippen LogP contribution < -0.4 is 25.0 Å². The number of rotatable bonds is 11. The van der Waals surface area contributed by atoms with E-state index in [4.69, 9.17) is 19.4 Å². The van der Waals surface area contributed by atoms with Gasteiger partial charge in [-0.3, -0.25) is 0 Å². The molecule has 1 heterocycles. The number of anilines is 2. The molecule has 0 bridgehead atoms. The predicted octanol–water partition coefficient (Wildman–Crippen LogP) is 5.84. The number of benzene rings is 3. The van der Waals surface area contributed by atoms with Crippen molar-refractivity contribution < 1.29 is 9.47 Å². The van der Waals surface area contributed by atoms with Gasteiger partial charge in [-0.2, -0.15) is 4.98 Å². The van der Waals surface area contributed by atoms with Crippen molar-refractivity contribution in [2.45, 2.75) is 50.8 Å². The summed E-state index contributed by atoms with van der Waals surface area (Å²) in [6.45, 7) is 1.47. The normalized spacial score (nSPS) is 17.1. The topological polar surface area (TPSA) is 71.5 Å². The molecule has 0 saturated heterocycles. The Kier molecular flexibility index (Phi) is 8.78. The maximum Gasteiger partial charge on any atom is 0.225 e. The van der Waals surface area contributed by atoms with Crippen LogP contribution in [0.2, 0.25) is 0 Å². The average molecular weight is 526 g/mol. The van der Waals surface area contributed by atoms with E-state index in [9.17, 15) is 0 Å². The number of hydrogen-bond donors (Lipinski definition) is 2. The summed E-state index contributed by atoms with van der Waals surface area (Å²) in [5, 5.41) is 8.45. The van der Waals surface area contributed by atoms with Crippen molar-refractivity contribution in [3.05, 3.63) is 83.9 Å². The van der Waals surface area contributed by atoms with Gasteiger partial charge in [0.15, 0.2) is 11.5 Å². The molecule has 39 heavy (non-hydrogen) atoms. The van der Waals surface area contributed by atoms with Gasteiger partial charge in [0.25, 0.3) is 0 Å². The highest BCUT2D eigenvalue weighted by Gasteiger charge is 2.22. The summed E-state index contributed by atoms with van der Waals surface area (Å²) in [4.78, 5) is 11.6. The zero-order chi connectivity index (χ0) is 27.0. The molecule has 1 aliphatic carbocycles. The molecule has 0 aliphatic heterocycles. The summed E-state index contributed by atoms with van der Waals surface area (Å²) in [5.41, 5.74) is 3.36. The predicted molar refractivity (Wildman–Crippen MR) is 159 cm³/mol. The van der Waals surface area contributed by atoms with E-state index in [-0.39, 0.29) is 0 Å². The lowest BCUT2D eigenvalue weighted by molar-refractivity contribution is 0.284. The molecule has 204 valence electrons. The molecule has 3 aromatic carbocycles. The first kappa shape index (κ1) is 26.8. The number of hydrogen-bond acceptors (Lipinski definition) is 7. The Morgan fingerprint density at radius 2 is 1.56 bits per heavy atom. The quantitative estimate of drug-likeness (QED) is 0.255. The van der Waals surface area contributed by atoms with Crippen LogP contribution in [-0.4, -0.2) is 49.8 Å². The van der Waals surface area contributed by atoms with Crippen LogP contribution in [0, 0.1) is 0 Å². The van der Waals surface area contributed by atoms with Crippen molar-refractivity contribution in [1.82, 2.24) is 15.3 Å². The first-order valence-corrected chi connectivity index (χ1v) is 13.9. The molecule has 1 aliphatic rings. The summed E-state index contributed by atoms with van der Waals surface area (Å²) >= 11 is 0. The number of para-hydroxylation sites is 1. The maximum absolute atomic E-state index is 6.00. The van der Waals surface area contributed by atoms with Crippen LogP contribution in [0.15, 0.2) is 72.8 Å². The zero-order valence-electron chi connectivity index (χ0n) is 23.2. The Morgan fingerprint density at radius 1 is 0.821 bits per heavy atom. The highest BCUT2D eigenvalue weighted by molar-refractivity contribution is 5.90. The van der Waals surface area contributed by atoms with Crippen molar-refractivity contribution in [1.29, 1.82) is 0 Å². The summed E-state index contributed by atoms with van der Waals surface area (Å²) in [6.07, 6.45) is 5.44. The second-order valence-electron chi connectivity index (χ2n) is 10.4. The molecule has 0 atom stereocenters. The first-order chi connectivity index (χ1) is 19.1. The third-order valence-electron chi connectivity index (χ3n) is 7.38. The van der Waals surface area contributed by atoms with Gasteiger partial charge in [0.1, 0.15) is 12.4 Å². The van der Waals surface area contributed by atoms with Crippen LogP contribution in [-0.2, 0) is 13.0 Å². The fraction of sp³-hybridized carbons (Fsp3) is 0.375. The molecule has 0 unspecified atom stereocenters. The number of fused-ring (bicyclic) bond motifs is 1. The van der Waals surface area contributed by atoms with Crippen molar-refractivity contribution in [3.8, 4) is 11.5 Å². The molecule has 4 aromatic rings. The number of methoxy groups -OCH3 is 1. The smallest absolute Gasteiger partial charge is 0.225 e. The minimum atomic E-state index is 0.395. The van der Waals surface area contributed by atoms with E-state index in [0.29, 0.717) is 18.7 Å². The number of ether oxygens (including phenoxy) is 2. The van der Waals surface area contributed by atoms with Crippen LogP contribution in [0.5, 0.6) is 11.5 Å². The summed E-state index contributed by atoms with van der Waals surface area (Å²) in [6, 6.07) is 25.6. The third kappa shape index (κ3) is 6.98. The van der Waals surface area contributed by atoms with Crippen molar-refractivity contribution in [2.24, 2.45) is 0 Å². The second-order valence-corrected chi connectivity index (χ2v) is 10.4. The fourth-order valence-electron chi connectivity index (χ4n) is 5.23. The Bertz CT molecular complexity index is 1350. The zero-order valence-corrected chi connectivity index (χ0v) is 23.2. The molecule has 0 spiro atoms.